The SMILES string of the molecule is Cn1c(/C=C(\O)c2ccc(Cl)cc2)nc2ccccc21. The Hall–Kier alpha value is -2.26. The Balaban J connectivity index is 2.05. The average molecular weight is 285 g/mol. The van der Waals surface area contributed by atoms with Crippen molar-refractivity contribution in [1.82, 2.24) is 9.55 Å². The molecule has 0 saturated heterocycles. The highest BCUT2D eigenvalue weighted by atomic mass is 35.5. The van der Waals surface area contributed by atoms with Crippen LogP contribution in [0.2, 0.25) is 5.02 Å². The molecule has 20 heavy (non-hydrogen) atoms. The summed E-state index contributed by atoms with van der Waals surface area (Å²) in [5, 5.41) is 10.8. The highest BCUT2D eigenvalue weighted by molar-refractivity contribution is 6.30. The summed E-state index contributed by atoms with van der Waals surface area (Å²) in [5.41, 5.74) is 2.65. The third kappa shape index (κ3) is 2.28. The first-order valence-corrected chi connectivity index (χ1v) is 6.61. The van der Waals surface area contributed by atoms with E-state index in [1.165, 1.54) is 0 Å². The molecule has 0 aliphatic carbocycles. The number of hydrogen-bond acceptors (Lipinski definition) is 2. The number of benzene rings is 2. The highest BCUT2D eigenvalue weighted by Crippen LogP contribution is 2.20. The lowest BCUT2D eigenvalue weighted by Gasteiger charge is -2.01. The molecule has 0 aliphatic rings. The Kier molecular flexibility index (Phi) is 3.20. The van der Waals surface area contributed by atoms with Crippen molar-refractivity contribution in [2.45, 2.75) is 0 Å². The van der Waals surface area contributed by atoms with Crippen molar-refractivity contribution in [3.8, 4) is 0 Å². The molecule has 0 saturated carbocycles. The maximum atomic E-state index is 10.2. The standard InChI is InChI=1S/C16H13ClN2O/c1-19-14-5-3-2-4-13(14)18-16(19)10-15(20)11-6-8-12(17)9-7-11/h2-10,20H,1H3/b15-10-. The third-order valence-corrected chi connectivity index (χ3v) is 3.48. The van der Waals surface area contributed by atoms with Crippen LogP contribution < -0.4 is 0 Å². The lowest BCUT2D eigenvalue weighted by atomic mass is 10.2. The van der Waals surface area contributed by atoms with Crippen LogP contribution in [0.3, 0.4) is 0 Å². The van der Waals surface area contributed by atoms with E-state index in [0.29, 0.717) is 16.4 Å². The van der Waals surface area contributed by atoms with Gasteiger partial charge in [-0.15, -0.1) is 0 Å². The van der Waals surface area contributed by atoms with E-state index in [-0.39, 0.29) is 5.76 Å². The molecule has 0 amide bonds. The minimum Gasteiger partial charge on any atom is -0.507 e. The molecule has 0 fully saturated rings. The van der Waals surface area contributed by atoms with Gasteiger partial charge in [-0.25, -0.2) is 4.98 Å². The first-order chi connectivity index (χ1) is 9.65. The van der Waals surface area contributed by atoms with Crippen LogP contribution in [0.4, 0.5) is 0 Å². The molecular formula is C16H13ClN2O. The van der Waals surface area contributed by atoms with E-state index in [9.17, 15) is 5.11 Å². The second-order valence-electron chi connectivity index (χ2n) is 4.55. The summed E-state index contributed by atoms with van der Waals surface area (Å²) >= 11 is 5.84. The number of imidazole rings is 1. The Labute approximate surface area is 121 Å². The fourth-order valence-electron chi connectivity index (χ4n) is 2.12. The molecule has 0 atom stereocenters. The van der Waals surface area contributed by atoms with Gasteiger partial charge in [0.15, 0.2) is 0 Å². The van der Waals surface area contributed by atoms with Gasteiger partial charge < -0.3 is 9.67 Å². The van der Waals surface area contributed by atoms with Crippen molar-refractivity contribution in [3.05, 3.63) is 64.9 Å². The van der Waals surface area contributed by atoms with Crippen LogP contribution in [0.25, 0.3) is 22.9 Å². The first-order valence-electron chi connectivity index (χ1n) is 6.23. The Morgan fingerprint density at radius 2 is 1.85 bits per heavy atom. The summed E-state index contributed by atoms with van der Waals surface area (Å²) in [6, 6.07) is 14.9. The van der Waals surface area contributed by atoms with Gasteiger partial charge in [-0.2, -0.15) is 0 Å². The number of aryl methyl sites for hydroxylation is 1. The maximum absolute atomic E-state index is 10.2. The van der Waals surface area contributed by atoms with E-state index < -0.39 is 0 Å². The molecule has 0 unspecified atom stereocenters. The number of aliphatic hydroxyl groups excluding tert-OH is 1. The minimum atomic E-state index is 0.167. The monoisotopic (exact) mass is 284 g/mol. The van der Waals surface area contributed by atoms with Crippen LogP contribution in [0, 0.1) is 0 Å². The van der Waals surface area contributed by atoms with Gasteiger partial charge in [-0.05, 0) is 36.4 Å². The summed E-state index contributed by atoms with van der Waals surface area (Å²) in [6.45, 7) is 0. The highest BCUT2D eigenvalue weighted by Gasteiger charge is 2.07. The Bertz CT molecular complexity index is 788. The lowest BCUT2D eigenvalue weighted by Crippen LogP contribution is -1.92. The Morgan fingerprint density at radius 3 is 2.55 bits per heavy atom. The van der Waals surface area contributed by atoms with Crippen LogP contribution >= 0.6 is 11.6 Å². The van der Waals surface area contributed by atoms with E-state index in [4.69, 9.17) is 11.6 Å². The number of rotatable bonds is 2. The van der Waals surface area contributed by atoms with E-state index in [1.54, 1.807) is 30.3 Å². The Morgan fingerprint density at radius 1 is 1.15 bits per heavy atom. The fraction of sp³-hybridized carbons (Fsp3) is 0.0625. The third-order valence-electron chi connectivity index (χ3n) is 3.23. The second-order valence-corrected chi connectivity index (χ2v) is 4.99. The zero-order valence-corrected chi connectivity index (χ0v) is 11.7. The van der Waals surface area contributed by atoms with Crippen LogP contribution in [0.5, 0.6) is 0 Å². The number of fused-ring (bicyclic) bond motifs is 1. The number of nitrogens with zero attached hydrogens (tertiary/aromatic N) is 2. The van der Waals surface area contributed by atoms with Gasteiger partial charge in [0.05, 0.1) is 11.0 Å². The van der Waals surface area contributed by atoms with Crippen molar-refractivity contribution in [2.75, 3.05) is 0 Å². The summed E-state index contributed by atoms with van der Waals surface area (Å²) in [5.74, 6) is 0.874. The zero-order valence-electron chi connectivity index (χ0n) is 10.9. The van der Waals surface area contributed by atoms with Crippen LogP contribution in [-0.4, -0.2) is 14.7 Å². The number of halogens is 1. The molecular weight excluding hydrogens is 272 g/mol. The zero-order chi connectivity index (χ0) is 14.1. The van der Waals surface area contributed by atoms with Gasteiger partial charge in [-0.1, -0.05) is 23.7 Å². The maximum Gasteiger partial charge on any atom is 0.137 e. The van der Waals surface area contributed by atoms with Crippen LogP contribution in [-0.2, 0) is 7.05 Å². The molecule has 2 aromatic carbocycles. The van der Waals surface area contributed by atoms with Crippen LogP contribution in [0.1, 0.15) is 11.4 Å². The van der Waals surface area contributed by atoms with E-state index in [2.05, 4.69) is 4.98 Å². The summed E-state index contributed by atoms with van der Waals surface area (Å²) < 4.78 is 1.95. The van der Waals surface area contributed by atoms with Gasteiger partial charge in [0.2, 0.25) is 0 Å². The van der Waals surface area contributed by atoms with Crippen molar-refractivity contribution >= 4 is 34.5 Å². The first kappa shape index (κ1) is 12.8. The predicted molar refractivity (Wildman–Crippen MR) is 82.7 cm³/mol. The van der Waals surface area contributed by atoms with E-state index in [1.807, 2.05) is 35.9 Å². The average Bonchev–Trinajstić information content (AvgIpc) is 2.77. The summed E-state index contributed by atoms with van der Waals surface area (Å²) in [7, 11) is 1.93. The van der Waals surface area contributed by atoms with Crippen molar-refractivity contribution < 1.29 is 5.11 Å². The van der Waals surface area contributed by atoms with Crippen molar-refractivity contribution in [3.63, 3.8) is 0 Å². The number of para-hydroxylation sites is 2. The van der Waals surface area contributed by atoms with Gasteiger partial charge in [-0.3, -0.25) is 0 Å². The quantitative estimate of drug-likeness (QED) is 0.713. The van der Waals surface area contributed by atoms with Gasteiger partial charge in [0.25, 0.3) is 0 Å². The molecule has 0 radical (unpaired) electrons. The molecule has 3 nitrogen and oxygen atoms in total. The van der Waals surface area contributed by atoms with Gasteiger partial charge in [0.1, 0.15) is 11.6 Å². The molecule has 3 aromatic rings. The molecule has 0 aliphatic heterocycles. The number of aliphatic hydroxyl groups is 1. The smallest absolute Gasteiger partial charge is 0.137 e. The number of hydrogen-bond donors (Lipinski definition) is 1. The second kappa shape index (κ2) is 5.02. The lowest BCUT2D eigenvalue weighted by molar-refractivity contribution is 0.515. The number of aromatic nitrogens is 2. The van der Waals surface area contributed by atoms with Gasteiger partial charge >= 0.3 is 0 Å². The molecule has 1 aromatic heterocycles. The molecule has 4 heteroatoms. The molecule has 0 spiro atoms. The summed E-state index contributed by atoms with van der Waals surface area (Å²) in [6.07, 6.45) is 1.66. The van der Waals surface area contributed by atoms with Gasteiger partial charge in [0, 0.05) is 23.7 Å². The van der Waals surface area contributed by atoms with E-state index >= 15 is 0 Å². The molecule has 100 valence electrons. The topological polar surface area (TPSA) is 38.0 Å². The summed E-state index contributed by atoms with van der Waals surface area (Å²) in [4.78, 5) is 4.50. The largest absolute Gasteiger partial charge is 0.507 e. The van der Waals surface area contributed by atoms with Crippen molar-refractivity contribution in [2.24, 2.45) is 7.05 Å². The van der Waals surface area contributed by atoms with E-state index in [0.717, 1.165) is 11.0 Å². The van der Waals surface area contributed by atoms with Crippen LogP contribution in [0.15, 0.2) is 48.5 Å². The minimum absolute atomic E-state index is 0.167. The molecule has 1 N–H and O–H groups in total. The normalized spacial score (nSPS) is 12.0. The molecule has 0 bridgehead atoms. The fourth-order valence-corrected chi connectivity index (χ4v) is 2.25. The molecule has 1 heterocycles. The molecule has 3 rings (SSSR count). The van der Waals surface area contributed by atoms with Crippen molar-refractivity contribution in [1.29, 1.82) is 0 Å². The predicted octanol–water partition coefficient (Wildman–Crippen LogP) is 4.28.